The molecular formula is C18H19ClF3N3S. The van der Waals surface area contributed by atoms with E-state index in [1.807, 2.05) is 31.2 Å². The molecule has 0 spiro atoms. The highest BCUT2D eigenvalue weighted by molar-refractivity contribution is 7.97. The summed E-state index contributed by atoms with van der Waals surface area (Å²) in [5.74, 6) is 0. The first-order valence-corrected chi connectivity index (χ1v) is 9.40. The van der Waals surface area contributed by atoms with Gasteiger partial charge in [0.05, 0.1) is 6.54 Å². The minimum absolute atomic E-state index is 0.422. The van der Waals surface area contributed by atoms with Crippen molar-refractivity contribution >= 4 is 23.5 Å². The fourth-order valence-electron chi connectivity index (χ4n) is 2.83. The van der Waals surface area contributed by atoms with E-state index in [0.717, 1.165) is 21.6 Å². The molecule has 0 amide bonds. The third-order valence-corrected chi connectivity index (χ3v) is 5.68. The maximum absolute atomic E-state index is 12.5. The van der Waals surface area contributed by atoms with Gasteiger partial charge in [-0.1, -0.05) is 23.7 Å². The predicted molar refractivity (Wildman–Crippen MR) is 99.3 cm³/mol. The Morgan fingerprint density at radius 2 is 1.77 bits per heavy atom. The van der Waals surface area contributed by atoms with Crippen LogP contribution in [-0.4, -0.2) is 53.1 Å². The first kappa shape index (κ1) is 19.5. The average Bonchev–Trinajstić information content (AvgIpc) is 2.57. The van der Waals surface area contributed by atoms with E-state index in [9.17, 15) is 13.2 Å². The molecule has 0 unspecified atom stereocenters. The lowest BCUT2D eigenvalue weighted by molar-refractivity contribution is -0.147. The molecule has 0 bridgehead atoms. The summed E-state index contributed by atoms with van der Waals surface area (Å²) in [4.78, 5) is 6.55. The van der Waals surface area contributed by atoms with Crippen molar-refractivity contribution in [3.8, 4) is 11.1 Å². The number of halogens is 4. The van der Waals surface area contributed by atoms with Gasteiger partial charge >= 0.3 is 6.18 Å². The molecular weight excluding hydrogens is 383 g/mol. The van der Waals surface area contributed by atoms with Crippen molar-refractivity contribution < 1.29 is 13.2 Å². The normalized spacial score (nSPS) is 16.8. The first-order chi connectivity index (χ1) is 12.3. The minimum Gasteiger partial charge on any atom is -0.292 e. The second kappa shape index (κ2) is 8.17. The fourth-order valence-corrected chi connectivity index (χ4v) is 4.02. The van der Waals surface area contributed by atoms with Gasteiger partial charge in [0.1, 0.15) is 5.15 Å². The van der Waals surface area contributed by atoms with Gasteiger partial charge < -0.3 is 0 Å². The van der Waals surface area contributed by atoms with Crippen molar-refractivity contribution in [2.75, 3.05) is 32.7 Å². The second-order valence-corrected chi connectivity index (χ2v) is 7.79. The van der Waals surface area contributed by atoms with Gasteiger partial charge in [0.15, 0.2) is 0 Å². The lowest BCUT2D eigenvalue weighted by atomic mass is 10.1. The van der Waals surface area contributed by atoms with Crippen LogP contribution in [0.5, 0.6) is 0 Å². The third-order valence-electron chi connectivity index (χ3n) is 4.21. The van der Waals surface area contributed by atoms with E-state index in [4.69, 9.17) is 11.6 Å². The molecule has 0 saturated carbocycles. The maximum atomic E-state index is 12.5. The number of aromatic nitrogens is 1. The highest BCUT2D eigenvalue weighted by Gasteiger charge is 2.32. The number of benzene rings is 1. The lowest BCUT2D eigenvalue weighted by Gasteiger charge is -2.34. The molecule has 26 heavy (non-hydrogen) atoms. The van der Waals surface area contributed by atoms with Gasteiger partial charge in [-0.05, 0) is 53.8 Å². The number of aryl methyl sites for hydroxylation is 1. The Hall–Kier alpha value is -1.28. The molecule has 140 valence electrons. The van der Waals surface area contributed by atoms with Crippen LogP contribution in [0.25, 0.3) is 11.1 Å². The van der Waals surface area contributed by atoms with Crippen molar-refractivity contribution in [1.82, 2.24) is 14.2 Å². The molecule has 1 aliphatic rings. The largest absolute Gasteiger partial charge is 0.401 e. The molecule has 1 aromatic carbocycles. The van der Waals surface area contributed by atoms with Crippen molar-refractivity contribution in [3.63, 3.8) is 0 Å². The molecule has 2 heterocycles. The number of hydrogen-bond acceptors (Lipinski definition) is 4. The van der Waals surface area contributed by atoms with Crippen LogP contribution in [0.15, 0.2) is 41.4 Å². The van der Waals surface area contributed by atoms with Gasteiger partial charge in [-0.25, -0.2) is 9.29 Å². The Morgan fingerprint density at radius 1 is 1.08 bits per heavy atom. The van der Waals surface area contributed by atoms with Crippen LogP contribution in [0, 0.1) is 6.92 Å². The van der Waals surface area contributed by atoms with E-state index < -0.39 is 12.7 Å². The number of rotatable bonds is 4. The molecule has 1 saturated heterocycles. The van der Waals surface area contributed by atoms with Crippen molar-refractivity contribution in [3.05, 3.63) is 47.2 Å². The molecule has 3 nitrogen and oxygen atoms in total. The van der Waals surface area contributed by atoms with Gasteiger partial charge in [-0.3, -0.25) is 4.90 Å². The summed E-state index contributed by atoms with van der Waals surface area (Å²) in [5, 5.41) is 0.443. The Balaban J connectivity index is 1.66. The summed E-state index contributed by atoms with van der Waals surface area (Å²) in [6.07, 6.45) is -2.46. The SMILES string of the molecule is Cc1ccc(-c2ccnc(Cl)c2)cc1SN1CCN(CC(F)(F)F)CC1. The van der Waals surface area contributed by atoms with Gasteiger partial charge in [0.2, 0.25) is 0 Å². The topological polar surface area (TPSA) is 19.4 Å². The summed E-state index contributed by atoms with van der Waals surface area (Å²) in [6, 6.07) is 9.89. The summed E-state index contributed by atoms with van der Waals surface area (Å²) in [6.45, 7) is 3.25. The average molecular weight is 402 g/mol. The van der Waals surface area contributed by atoms with E-state index in [-0.39, 0.29) is 0 Å². The number of nitrogens with zero attached hydrogens (tertiary/aromatic N) is 3. The molecule has 0 radical (unpaired) electrons. The third kappa shape index (κ3) is 5.36. The molecule has 1 aliphatic heterocycles. The number of pyridine rings is 1. The zero-order valence-corrected chi connectivity index (χ0v) is 15.8. The molecule has 8 heteroatoms. The highest BCUT2D eigenvalue weighted by Crippen LogP contribution is 2.32. The Labute approximate surface area is 160 Å². The van der Waals surface area contributed by atoms with Crippen molar-refractivity contribution in [1.29, 1.82) is 0 Å². The lowest BCUT2D eigenvalue weighted by Crippen LogP contribution is -2.46. The van der Waals surface area contributed by atoms with Crippen LogP contribution in [0.3, 0.4) is 0 Å². The van der Waals surface area contributed by atoms with E-state index in [0.29, 0.717) is 31.3 Å². The number of alkyl halides is 3. The Kier molecular flexibility index (Phi) is 6.12. The molecule has 0 aliphatic carbocycles. The summed E-state index contributed by atoms with van der Waals surface area (Å²) < 4.78 is 39.6. The molecule has 1 aromatic heterocycles. The quantitative estimate of drug-likeness (QED) is 0.536. The molecule has 0 N–H and O–H groups in total. The standard InChI is InChI=1S/C18H19ClF3N3S/c1-13-2-3-14(15-4-5-23-17(19)11-15)10-16(13)26-25-8-6-24(7-9-25)12-18(20,21)22/h2-5,10-11H,6-9,12H2,1H3. The van der Waals surface area contributed by atoms with Gasteiger partial charge in [0, 0.05) is 37.3 Å². The van der Waals surface area contributed by atoms with Crippen LogP contribution in [0.4, 0.5) is 13.2 Å². The summed E-state index contributed by atoms with van der Waals surface area (Å²) >= 11 is 7.57. The summed E-state index contributed by atoms with van der Waals surface area (Å²) in [5.41, 5.74) is 3.16. The zero-order chi connectivity index (χ0) is 18.7. The van der Waals surface area contributed by atoms with Crippen LogP contribution in [0.2, 0.25) is 5.15 Å². The zero-order valence-electron chi connectivity index (χ0n) is 14.3. The molecule has 0 atom stereocenters. The van der Waals surface area contributed by atoms with Gasteiger partial charge in [-0.2, -0.15) is 13.2 Å². The van der Waals surface area contributed by atoms with Crippen molar-refractivity contribution in [2.45, 2.75) is 18.0 Å². The van der Waals surface area contributed by atoms with Crippen molar-refractivity contribution in [2.24, 2.45) is 0 Å². The van der Waals surface area contributed by atoms with E-state index in [1.165, 1.54) is 4.90 Å². The predicted octanol–water partition coefficient (Wildman–Crippen LogP) is 4.90. The molecule has 3 rings (SSSR count). The Bertz CT molecular complexity index is 762. The number of hydrogen-bond donors (Lipinski definition) is 0. The highest BCUT2D eigenvalue weighted by atomic mass is 35.5. The minimum atomic E-state index is -4.13. The molecule has 2 aromatic rings. The number of piperazine rings is 1. The fraction of sp³-hybridized carbons (Fsp3) is 0.389. The maximum Gasteiger partial charge on any atom is 0.401 e. The summed E-state index contributed by atoms with van der Waals surface area (Å²) in [7, 11) is 0. The van der Waals surface area contributed by atoms with E-state index >= 15 is 0 Å². The second-order valence-electron chi connectivity index (χ2n) is 6.26. The van der Waals surface area contributed by atoms with Gasteiger partial charge in [-0.15, -0.1) is 0 Å². The Morgan fingerprint density at radius 3 is 2.42 bits per heavy atom. The van der Waals surface area contributed by atoms with Crippen LogP contribution in [0.1, 0.15) is 5.56 Å². The van der Waals surface area contributed by atoms with Crippen LogP contribution < -0.4 is 0 Å². The van der Waals surface area contributed by atoms with Gasteiger partial charge in [0.25, 0.3) is 0 Å². The van der Waals surface area contributed by atoms with E-state index in [1.54, 1.807) is 18.1 Å². The van der Waals surface area contributed by atoms with Crippen LogP contribution >= 0.6 is 23.5 Å². The first-order valence-electron chi connectivity index (χ1n) is 8.25. The van der Waals surface area contributed by atoms with E-state index in [2.05, 4.69) is 15.4 Å². The molecule has 1 fully saturated rings. The smallest absolute Gasteiger partial charge is 0.292 e. The monoisotopic (exact) mass is 401 g/mol. The van der Waals surface area contributed by atoms with Crippen LogP contribution in [-0.2, 0) is 0 Å².